The summed E-state index contributed by atoms with van der Waals surface area (Å²) in [6.45, 7) is 6.59. The highest BCUT2D eigenvalue weighted by Crippen LogP contribution is 2.38. The number of hydrogen-bond donors (Lipinski definition) is 2. The van der Waals surface area contributed by atoms with Crippen LogP contribution in [0.15, 0.2) is 36.4 Å². The number of para-hydroxylation sites is 1. The van der Waals surface area contributed by atoms with Crippen molar-refractivity contribution >= 4 is 34.0 Å². The fraction of sp³-hybridized carbons (Fsp3) is 0.417. The Morgan fingerprint density at radius 3 is 2.52 bits per heavy atom. The second-order valence-corrected chi connectivity index (χ2v) is 7.36. The minimum absolute atomic E-state index is 0.250. The Kier molecular flexibility index (Phi) is 8.29. The van der Waals surface area contributed by atoms with Crippen LogP contribution in [0.4, 0.5) is 5.69 Å². The topological polar surface area (TPSA) is 83.9 Å². The molecule has 0 spiro atoms. The molecule has 0 amide bonds. The van der Waals surface area contributed by atoms with Crippen LogP contribution in [0.5, 0.6) is 11.5 Å². The van der Waals surface area contributed by atoms with Gasteiger partial charge in [0, 0.05) is 30.4 Å². The number of nitrogens with one attached hydrogen (secondary N) is 1. The number of fused-ring (bicyclic) bond motifs is 2. The van der Waals surface area contributed by atoms with Crippen molar-refractivity contribution in [1.29, 1.82) is 0 Å². The van der Waals surface area contributed by atoms with Gasteiger partial charge in [-0.2, -0.15) is 0 Å². The van der Waals surface area contributed by atoms with Gasteiger partial charge in [-0.1, -0.05) is 18.2 Å². The summed E-state index contributed by atoms with van der Waals surface area (Å²) >= 11 is 0. The van der Waals surface area contributed by atoms with Crippen molar-refractivity contribution < 1.29 is 19.4 Å². The van der Waals surface area contributed by atoms with Gasteiger partial charge in [0.2, 0.25) is 0 Å². The molecule has 7 nitrogen and oxygen atoms in total. The maximum absolute atomic E-state index is 8.36. The van der Waals surface area contributed by atoms with Gasteiger partial charge < -0.3 is 24.8 Å². The SMILES string of the molecule is CCOc1cc2nc3ccccc3c(NC)c2cc1OCCCN1CCCC1.O=CO. The molecular weight excluding hydrogens is 394 g/mol. The summed E-state index contributed by atoms with van der Waals surface area (Å²) in [6, 6.07) is 12.3. The van der Waals surface area contributed by atoms with Crippen molar-refractivity contribution in [3.63, 3.8) is 0 Å². The summed E-state index contributed by atoms with van der Waals surface area (Å²) in [5.74, 6) is 1.56. The Labute approximate surface area is 183 Å². The molecule has 2 heterocycles. The van der Waals surface area contributed by atoms with E-state index in [0.29, 0.717) is 13.2 Å². The van der Waals surface area contributed by atoms with Crippen LogP contribution in [0.3, 0.4) is 0 Å². The number of likely N-dealkylation sites (tertiary alicyclic amines) is 1. The van der Waals surface area contributed by atoms with Gasteiger partial charge in [-0.3, -0.25) is 4.79 Å². The summed E-state index contributed by atoms with van der Waals surface area (Å²) in [5, 5.41) is 12.4. The average molecular weight is 426 g/mol. The van der Waals surface area contributed by atoms with Crippen LogP contribution >= 0.6 is 0 Å². The maximum atomic E-state index is 8.36. The lowest BCUT2D eigenvalue weighted by Gasteiger charge is -2.17. The summed E-state index contributed by atoms with van der Waals surface area (Å²) in [5.41, 5.74) is 2.96. The van der Waals surface area contributed by atoms with Gasteiger partial charge in [-0.05, 0) is 51.4 Å². The van der Waals surface area contributed by atoms with Gasteiger partial charge in [-0.25, -0.2) is 4.98 Å². The Morgan fingerprint density at radius 2 is 1.81 bits per heavy atom. The zero-order chi connectivity index (χ0) is 22.1. The van der Waals surface area contributed by atoms with E-state index in [0.717, 1.165) is 52.0 Å². The van der Waals surface area contributed by atoms with Crippen molar-refractivity contribution in [3.05, 3.63) is 36.4 Å². The molecule has 4 rings (SSSR count). The minimum Gasteiger partial charge on any atom is -0.490 e. The Hall–Kier alpha value is -3.06. The Morgan fingerprint density at radius 1 is 1.10 bits per heavy atom. The lowest BCUT2D eigenvalue weighted by molar-refractivity contribution is -0.122. The summed E-state index contributed by atoms with van der Waals surface area (Å²) in [4.78, 5) is 15.7. The zero-order valence-corrected chi connectivity index (χ0v) is 18.3. The molecule has 2 N–H and O–H groups in total. The highest BCUT2D eigenvalue weighted by atomic mass is 16.5. The number of anilines is 1. The Bertz CT molecular complexity index is 1000. The molecule has 1 saturated heterocycles. The smallest absolute Gasteiger partial charge is 0.290 e. The normalized spacial score (nSPS) is 13.6. The standard InChI is InChI=1S/C23H29N3O2.CH2O2/c1-3-27-22-16-20-18(23(24-2)17-9-4-5-10-19(17)25-20)15-21(22)28-14-8-13-26-11-6-7-12-26;2-1-3/h4-5,9-10,15-16H,3,6-8,11-14H2,1-2H3,(H,24,25);1H,(H,2,3). The molecule has 31 heavy (non-hydrogen) atoms. The van der Waals surface area contributed by atoms with E-state index in [1.54, 1.807) is 0 Å². The number of nitrogens with zero attached hydrogens (tertiary/aromatic N) is 2. The molecule has 166 valence electrons. The van der Waals surface area contributed by atoms with Crippen LogP contribution in [0, 0.1) is 0 Å². The number of pyridine rings is 1. The van der Waals surface area contributed by atoms with Gasteiger partial charge in [0.1, 0.15) is 0 Å². The molecule has 1 fully saturated rings. The maximum Gasteiger partial charge on any atom is 0.290 e. The minimum atomic E-state index is -0.250. The van der Waals surface area contributed by atoms with E-state index in [2.05, 4.69) is 22.3 Å². The summed E-state index contributed by atoms with van der Waals surface area (Å²) in [6.07, 6.45) is 3.68. The van der Waals surface area contributed by atoms with Gasteiger partial charge in [0.05, 0.1) is 29.9 Å². The first kappa shape index (κ1) is 22.6. The van der Waals surface area contributed by atoms with Crippen LogP contribution in [0.25, 0.3) is 21.8 Å². The highest BCUT2D eigenvalue weighted by Gasteiger charge is 2.15. The molecular formula is C24H31N3O4. The third kappa shape index (κ3) is 5.55. The quantitative estimate of drug-likeness (QED) is 0.314. The lowest BCUT2D eigenvalue weighted by Crippen LogP contribution is -2.21. The summed E-state index contributed by atoms with van der Waals surface area (Å²) < 4.78 is 12.0. The molecule has 1 aliphatic heterocycles. The lowest BCUT2D eigenvalue weighted by atomic mass is 10.1. The molecule has 2 aromatic carbocycles. The van der Waals surface area contributed by atoms with E-state index in [4.69, 9.17) is 24.4 Å². The molecule has 0 unspecified atom stereocenters. The zero-order valence-electron chi connectivity index (χ0n) is 18.3. The van der Waals surface area contributed by atoms with Crippen LogP contribution < -0.4 is 14.8 Å². The number of benzene rings is 2. The largest absolute Gasteiger partial charge is 0.490 e. The molecule has 0 bridgehead atoms. The van der Waals surface area contributed by atoms with Crippen LogP contribution in [0.1, 0.15) is 26.2 Å². The van der Waals surface area contributed by atoms with E-state index in [1.165, 1.54) is 25.9 Å². The van der Waals surface area contributed by atoms with Crippen molar-refractivity contribution in [2.75, 3.05) is 45.2 Å². The molecule has 0 atom stereocenters. The first-order valence-electron chi connectivity index (χ1n) is 10.8. The third-order valence-electron chi connectivity index (χ3n) is 5.37. The van der Waals surface area contributed by atoms with Crippen LogP contribution in [0.2, 0.25) is 0 Å². The predicted molar refractivity (Wildman–Crippen MR) is 124 cm³/mol. The molecule has 3 aromatic rings. The number of aromatic nitrogens is 1. The van der Waals surface area contributed by atoms with E-state index < -0.39 is 0 Å². The van der Waals surface area contributed by atoms with Crippen molar-refractivity contribution in [1.82, 2.24) is 9.88 Å². The second-order valence-electron chi connectivity index (χ2n) is 7.36. The van der Waals surface area contributed by atoms with Gasteiger partial charge >= 0.3 is 0 Å². The molecule has 0 saturated carbocycles. The van der Waals surface area contributed by atoms with Crippen LogP contribution in [-0.4, -0.2) is 61.4 Å². The van der Waals surface area contributed by atoms with Gasteiger partial charge in [0.25, 0.3) is 6.47 Å². The number of rotatable bonds is 8. The van der Waals surface area contributed by atoms with E-state index in [-0.39, 0.29) is 6.47 Å². The second kappa shape index (κ2) is 11.4. The number of carbonyl (C=O) groups is 1. The molecule has 0 radical (unpaired) electrons. The molecule has 0 aliphatic carbocycles. The van der Waals surface area contributed by atoms with E-state index >= 15 is 0 Å². The van der Waals surface area contributed by atoms with Crippen LogP contribution in [-0.2, 0) is 4.79 Å². The fourth-order valence-electron chi connectivity index (χ4n) is 4.03. The van der Waals surface area contributed by atoms with E-state index in [9.17, 15) is 0 Å². The van der Waals surface area contributed by atoms with Crippen molar-refractivity contribution in [2.45, 2.75) is 26.2 Å². The number of hydrogen-bond acceptors (Lipinski definition) is 6. The fourth-order valence-corrected chi connectivity index (χ4v) is 4.03. The van der Waals surface area contributed by atoms with E-state index in [1.807, 2.05) is 38.2 Å². The van der Waals surface area contributed by atoms with Crippen molar-refractivity contribution in [3.8, 4) is 11.5 Å². The third-order valence-corrected chi connectivity index (χ3v) is 5.37. The first-order chi connectivity index (χ1) is 15.2. The average Bonchev–Trinajstić information content (AvgIpc) is 3.29. The Balaban J connectivity index is 0.000000858. The molecule has 1 aliphatic rings. The predicted octanol–water partition coefficient (Wildman–Crippen LogP) is 4.39. The molecule has 1 aromatic heterocycles. The number of ether oxygens (including phenoxy) is 2. The van der Waals surface area contributed by atoms with Gasteiger partial charge in [-0.15, -0.1) is 0 Å². The monoisotopic (exact) mass is 425 g/mol. The molecule has 7 heteroatoms. The number of carboxylic acid groups (broad SMARTS) is 1. The summed E-state index contributed by atoms with van der Waals surface area (Å²) in [7, 11) is 1.95. The highest BCUT2D eigenvalue weighted by molar-refractivity contribution is 6.08. The first-order valence-corrected chi connectivity index (χ1v) is 10.8. The van der Waals surface area contributed by atoms with Crippen molar-refractivity contribution in [2.24, 2.45) is 0 Å². The van der Waals surface area contributed by atoms with Gasteiger partial charge in [0.15, 0.2) is 11.5 Å².